The molecular weight excluding hydrogens is 1680 g/mol. The van der Waals surface area contributed by atoms with Crippen LogP contribution in [0.1, 0.15) is 141 Å². The zero-order valence-corrected chi connectivity index (χ0v) is 72.1. The Hall–Kier alpha value is -12.0. The average Bonchev–Trinajstić information content (AvgIpc) is 1.66. The van der Waals surface area contributed by atoms with E-state index in [-0.39, 0.29) is 126 Å². The number of nitrogens with zero attached hydrogens (tertiary/aromatic N) is 12. The molecule has 3 saturated heterocycles. The molecule has 1 atom stereocenters. The molecule has 3 aromatic heterocycles. The monoisotopic (exact) mass is 1770 g/mol. The van der Waals surface area contributed by atoms with Crippen molar-refractivity contribution >= 4 is 105 Å². The highest BCUT2D eigenvalue weighted by molar-refractivity contribution is 6.34. The number of alkyl halides is 3. The Bertz CT molecular complexity index is 5530. The van der Waals surface area contributed by atoms with Crippen LogP contribution in [0.5, 0.6) is 52.1 Å². The Morgan fingerprint density at radius 3 is 1.53 bits per heavy atom. The summed E-state index contributed by atoms with van der Waals surface area (Å²) in [7, 11) is 15.2. The number of hydrogen-bond donors (Lipinski definition) is 6. The maximum Gasteiger partial charge on any atom is 0.423 e. The lowest BCUT2D eigenvalue weighted by atomic mass is 9.99. The number of rotatable bonds is 24. The standard InChI is InChI=1S/C31H34Cl2N6O5.C28H30ClFN6O4.C27H29F3N6O4/c1-38-17-18-4-3-5-25(27(18)30(38)41)44-29-23(33)16-34-31(37-29)36-24-15-22(32)21(14-26(24)42-2)28(40)35-19-6-10-39(11-7-19)20-8-12-43-13-9-20;1-15-17-6-5-7-22(24(17)27(38)36(15)3)40-26-19(29)14-31-28(34-26)33-21-13-20(30)18(12-23(21)39-4)25(37)32-16-8-10-35(2)11-9-16;1-15-11-19(21(39-5)12-17(15)23(37)31-9-10-35(2)3)33-26-32-13-18(27(28,29)30)24(34-26)40-20-8-6-7-16-14-36(4)25(38)22(16)20/h3-5,14-16,19-20H,6-13,17H2,1-2H3,(H,35,40)(H,34,36,37);5-7,12-16H,8-11H2,1-4H3,(H,32,37)(H,31,33,34);6-8,11-13H,9-10,14H2,1-5H3,(H,31,37)(H,32,33,34)/t;15-;/m.0./s1. The largest absolute Gasteiger partial charge is 0.495 e. The summed E-state index contributed by atoms with van der Waals surface area (Å²) in [4.78, 5) is 113. The second-order valence-electron chi connectivity index (χ2n) is 30.7. The van der Waals surface area contributed by atoms with Gasteiger partial charge in [-0.1, -0.05) is 71.2 Å². The molecule has 0 saturated carbocycles. The fraction of sp³-hybridized carbons (Fsp3) is 0.372. The van der Waals surface area contributed by atoms with Crippen molar-refractivity contribution in [2.24, 2.45) is 0 Å². The van der Waals surface area contributed by atoms with Gasteiger partial charge in [-0.05, 0) is 157 Å². The van der Waals surface area contributed by atoms with Gasteiger partial charge in [0.15, 0.2) is 0 Å². The summed E-state index contributed by atoms with van der Waals surface area (Å²) in [6.07, 6.45) is 4.01. The fourth-order valence-corrected chi connectivity index (χ4v) is 15.5. The zero-order valence-electron chi connectivity index (χ0n) is 69.8. The van der Waals surface area contributed by atoms with Crippen LogP contribution >= 0.6 is 34.8 Å². The van der Waals surface area contributed by atoms with Crippen LogP contribution in [0.25, 0.3) is 0 Å². The Morgan fingerprint density at radius 2 is 1.01 bits per heavy atom. The predicted octanol–water partition coefficient (Wildman–Crippen LogP) is 14.3. The van der Waals surface area contributed by atoms with E-state index in [1.54, 1.807) is 86.4 Å². The van der Waals surface area contributed by atoms with Crippen LogP contribution in [-0.2, 0) is 24.0 Å². The van der Waals surface area contributed by atoms with E-state index in [4.69, 9.17) is 68.0 Å². The third-order valence-corrected chi connectivity index (χ3v) is 22.8. The Morgan fingerprint density at radius 1 is 0.548 bits per heavy atom. The zero-order chi connectivity index (χ0) is 88.5. The number of aryl methyl sites for hydroxylation is 1. The predicted molar refractivity (Wildman–Crippen MR) is 456 cm³/mol. The summed E-state index contributed by atoms with van der Waals surface area (Å²) in [6, 6.07) is 24.8. The first-order valence-electron chi connectivity index (χ1n) is 39.8. The molecule has 6 aromatic carbocycles. The average molecular weight is 1770 g/mol. The first kappa shape index (κ1) is 89.8. The minimum atomic E-state index is -4.82. The molecule has 38 heteroatoms. The van der Waals surface area contributed by atoms with Crippen molar-refractivity contribution in [3.05, 3.63) is 192 Å². The Labute approximate surface area is 727 Å². The number of likely N-dealkylation sites (N-methyl/N-ethyl adjacent to an activating group) is 1. The molecule has 31 nitrogen and oxygen atoms in total. The number of aromatic nitrogens is 6. The summed E-state index contributed by atoms with van der Waals surface area (Å²) in [5, 5.41) is 18.3. The van der Waals surface area contributed by atoms with Crippen molar-refractivity contribution in [2.45, 2.75) is 95.8 Å². The molecular formula is C86H93Cl3F4N18O13. The van der Waals surface area contributed by atoms with E-state index in [1.807, 2.05) is 51.2 Å². The number of fused-ring (bicyclic) bond motifs is 3. The van der Waals surface area contributed by atoms with Gasteiger partial charge < -0.3 is 94.5 Å². The van der Waals surface area contributed by atoms with Crippen molar-refractivity contribution in [3.63, 3.8) is 0 Å². The van der Waals surface area contributed by atoms with E-state index >= 15 is 4.39 Å². The molecule has 9 heterocycles. The molecule has 654 valence electrons. The minimum Gasteiger partial charge on any atom is -0.495 e. The fourth-order valence-electron chi connectivity index (χ4n) is 15.0. The lowest BCUT2D eigenvalue weighted by molar-refractivity contribution is -0.139. The lowest BCUT2D eigenvalue weighted by Gasteiger charge is -2.39. The van der Waals surface area contributed by atoms with Gasteiger partial charge in [0, 0.05) is 110 Å². The van der Waals surface area contributed by atoms with Crippen molar-refractivity contribution < 1.29 is 79.5 Å². The van der Waals surface area contributed by atoms with Gasteiger partial charge in [0.1, 0.15) is 55.9 Å². The van der Waals surface area contributed by atoms with Gasteiger partial charge in [0.25, 0.3) is 35.4 Å². The van der Waals surface area contributed by atoms with E-state index in [0.29, 0.717) is 100 Å². The van der Waals surface area contributed by atoms with Crippen LogP contribution in [0.2, 0.25) is 15.1 Å². The highest BCUT2D eigenvalue weighted by Gasteiger charge is 2.40. The van der Waals surface area contributed by atoms with E-state index < -0.39 is 29.3 Å². The molecule has 0 aliphatic carbocycles. The Balaban J connectivity index is 0.000000160. The number of likely N-dealkylation sites (tertiary alicyclic amines) is 2. The normalized spacial score (nSPS) is 16.1. The smallest absolute Gasteiger partial charge is 0.423 e. The van der Waals surface area contributed by atoms with Crippen LogP contribution < -0.4 is 60.3 Å². The molecule has 6 aliphatic heterocycles. The molecule has 6 aliphatic rings. The number of nitrogens with one attached hydrogen (secondary N) is 6. The number of amides is 6. The van der Waals surface area contributed by atoms with Gasteiger partial charge in [-0.15, -0.1) is 0 Å². The lowest BCUT2D eigenvalue weighted by Crippen LogP contribution is -2.49. The summed E-state index contributed by atoms with van der Waals surface area (Å²) >= 11 is 19.3. The molecule has 124 heavy (non-hydrogen) atoms. The van der Waals surface area contributed by atoms with Gasteiger partial charge in [0.05, 0.1) is 89.7 Å². The quantitative estimate of drug-likeness (QED) is 0.0306. The summed E-state index contributed by atoms with van der Waals surface area (Å²) in [5.41, 5.74) is 4.39. The summed E-state index contributed by atoms with van der Waals surface area (Å²) in [5.74, 6) is -1.64. The highest BCUT2D eigenvalue weighted by Crippen LogP contribution is 2.45. The molecule has 15 rings (SSSR count). The molecule has 3 fully saturated rings. The van der Waals surface area contributed by atoms with Gasteiger partial charge >= 0.3 is 6.18 Å². The third-order valence-electron chi connectivity index (χ3n) is 22.0. The summed E-state index contributed by atoms with van der Waals surface area (Å²) in [6.45, 7) is 10.8. The van der Waals surface area contributed by atoms with Crippen LogP contribution in [0.4, 0.5) is 52.5 Å². The number of ether oxygens (including phenoxy) is 7. The van der Waals surface area contributed by atoms with E-state index in [9.17, 15) is 41.9 Å². The van der Waals surface area contributed by atoms with Crippen molar-refractivity contribution in [3.8, 4) is 52.1 Å². The number of hydrogen-bond acceptors (Lipinski definition) is 25. The molecule has 6 N–H and O–H groups in total. The first-order valence-corrected chi connectivity index (χ1v) is 41.0. The van der Waals surface area contributed by atoms with E-state index in [0.717, 1.165) is 95.1 Å². The molecule has 0 spiro atoms. The first-order chi connectivity index (χ1) is 59.3. The molecule has 0 radical (unpaired) electrons. The molecule has 0 unspecified atom stereocenters. The van der Waals surface area contributed by atoms with Gasteiger partial charge in [-0.25, -0.2) is 19.3 Å². The van der Waals surface area contributed by atoms with Crippen LogP contribution in [0.15, 0.2) is 110 Å². The number of halogens is 7. The van der Waals surface area contributed by atoms with E-state index in [2.05, 4.69) is 71.6 Å². The third kappa shape index (κ3) is 20.7. The van der Waals surface area contributed by atoms with Crippen molar-refractivity contribution in [1.29, 1.82) is 0 Å². The number of anilines is 6. The Kier molecular flexibility index (Phi) is 28.4. The minimum absolute atomic E-state index is 0.0103. The molecule has 6 amide bonds. The second-order valence-corrected chi connectivity index (χ2v) is 31.9. The van der Waals surface area contributed by atoms with Gasteiger partial charge in [0.2, 0.25) is 35.5 Å². The number of piperidine rings is 2. The highest BCUT2D eigenvalue weighted by atomic mass is 35.5. The second kappa shape index (κ2) is 39.2. The maximum atomic E-state index is 15.1. The molecule has 9 aromatic rings. The van der Waals surface area contributed by atoms with Gasteiger partial charge in [-0.3, -0.25) is 28.8 Å². The molecule has 0 bridgehead atoms. The van der Waals surface area contributed by atoms with Crippen LogP contribution in [0, 0.1) is 12.7 Å². The van der Waals surface area contributed by atoms with E-state index in [1.165, 1.54) is 56.8 Å². The maximum absolute atomic E-state index is 15.1. The van der Waals surface area contributed by atoms with Crippen LogP contribution in [0.3, 0.4) is 0 Å². The van der Waals surface area contributed by atoms with Crippen molar-refractivity contribution in [2.75, 3.05) is 132 Å². The van der Waals surface area contributed by atoms with Gasteiger partial charge in [-0.2, -0.15) is 28.1 Å². The number of methoxy groups -OCH3 is 3. The number of carbonyl (C=O) groups excluding carboxylic acids is 6. The van der Waals surface area contributed by atoms with Crippen molar-refractivity contribution in [1.82, 2.24) is 75.3 Å². The number of benzene rings is 6. The SMILES string of the molecule is COc1cc(C(=O)NC2CCN(C)CC2)c(F)cc1Nc1ncc(Cl)c(Oc2cccc3c2C(=O)N(C)[C@H]3C)n1.COc1cc(C(=O)NC2CCN(C3CCOCC3)CC2)c(Cl)cc1Nc1ncc(Cl)c(Oc2cccc3c2C(=O)N(C)C3)n1.COc1cc(C(=O)NCCN(C)C)c(C)cc1Nc1ncc(C(F)(F)F)c(Oc2cccc3c2C(=O)N(C)C3)n1. The number of carbonyl (C=O) groups is 6. The summed E-state index contributed by atoms with van der Waals surface area (Å²) < 4.78 is 96.1. The topological polar surface area (TPSA) is 336 Å². The van der Waals surface area contributed by atoms with Crippen LogP contribution in [-0.4, -0.2) is 229 Å².